The van der Waals surface area contributed by atoms with Crippen molar-refractivity contribution < 1.29 is 4.79 Å². The Kier molecular flexibility index (Phi) is 4.31. The van der Waals surface area contributed by atoms with E-state index in [2.05, 4.69) is 17.1 Å². The molecule has 2 aromatic carbocycles. The molecule has 2 heterocycles. The highest BCUT2D eigenvalue weighted by molar-refractivity contribution is 5.83. The maximum absolute atomic E-state index is 13.0. The van der Waals surface area contributed by atoms with E-state index in [-0.39, 0.29) is 17.4 Å². The van der Waals surface area contributed by atoms with Crippen LogP contribution in [0.4, 0.5) is 0 Å². The number of carbonyl (C=O) groups is 1. The predicted molar refractivity (Wildman–Crippen MR) is 111 cm³/mol. The summed E-state index contributed by atoms with van der Waals surface area (Å²) in [6, 6.07) is 18.2. The van der Waals surface area contributed by atoms with Crippen LogP contribution in [0, 0.1) is 12.8 Å². The van der Waals surface area contributed by atoms with Crippen LogP contribution < -0.4 is 5.56 Å². The second-order valence-electron chi connectivity index (χ2n) is 8.08. The van der Waals surface area contributed by atoms with Gasteiger partial charge in [-0.1, -0.05) is 54.1 Å². The first-order valence-electron chi connectivity index (χ1n) is 10.1. The lowest BCUT2D eigenvalue weighted by Gasteiger charge is -2.28. The minimum Gasteiger partial charge on any atom is -0.337 e. The largest absolute Gasteiger partial charge is 0.337 e. The predicted octanol–water partition coefficient (Wildman–Crippen LogP) is 3.43. The van der Waals surface area contributed by atoms with Gasteiger partial charge < -0.3 is 9.88 Å². The van der Waals surface area contributed by atoms with Gasteiger partial charge >= 0.3 is 0 Å². The molecule has 0 unspecified atom stereocenters. The minimum atomic E-state index is -0.139. The highest BCUT2D eigenvalue weighted by atomic mass is 16.2. The van der Waals surface area contributed by atoms with E-state index < -0.39 is 0 Å². The molecule has 0 spiro atoms. The number of nitrogens with one attached hydrogen (secondary N) is 1. The first-order valence-corrected chi connectivity index (χ1v) is 10.1. The van der Waals surface area contributed by atoms with E-state index in [1.165, 1.54) is 5.56 Å². The van der Waals surface area contributed by atoms with Crippen LogP contribution in [0.2, 0.25) is 0 Å². The Morgan fingerprint density at radius 1 is 1.14 bits per heavy atom. The fourth-order valence-corrected chi connectivity index (χ4v) is 4.31. The quantitative estimate of drug-likeness (QED) is 0.751. The Hall–Kier alpha value is -3.21. The van der Waals surface area contributed by atoms with E-state index in [1.807, 2.05) is 54.3 Å². The summed E-state index contributed by atoms with van der Waals surface area (Å²) in [6.45, 7) is 2.99. The lowest BCUT2D eigenvalue weighted by molar-refractivity contribution is -0.133. The molecule has 2 atom stereocenters. The molecular formula is C24H23N3O2. The molecule has 5 nitrogen and oxygen atoms in total. The maximum atomic E-state index is 13.0. The lowest BCUT2D eigenvalue weighted by atomic mass is 10.0. The van der Waals surface area contributed by atoms with Crippen molar-refractivity contribution in [3.8, 4) is 11.4 Å². The van der Waals surface area contributed by atoms with Gasteiger partial charge in [-0.2, -0.15) is 0 Å². The van der Waals surface area contributed by atoms with Crippen LogP contribution in [0.1, 0.15) is 34.7 Å². The summed E-state index contributed by atoms with van der Waals surface area (Å²) in [4.78, 5) is 35.2. The number of aryl methyl sites for hydroxylation is 1. The zero-order valence-corrected chi connectivity index (χ0v) is 16.4. The zero-order chi connectivity index (χ0) is 20.0. The SMILES string of the molecule is Cc1cccc(-c2nc3c(c(=O)[nH]2)CN(C(=O)[C@@H]2C[C@H]2c2ccccc2)CC3)c1. The molecule has 2 aliphatic rings. The Bertz CT molecular complexity index is 1140. The number of nitrogens with zero attached hydrogens (tertiary/aromatic N) is 2. The Morgan fingerprint density at radius 3 is 2.76 bits per heavy atom. The monoisotopic (exact) mass is 385 g/mol. The smallest absolute Gasteiger partial charge is 0.256 e. The average Bonchev–Trinajstić information content (AvgIpc) is 3.54. The lowest BCUT2D eigenvalue weighted by Crippen LogP contribution is -2.40. The van der Waals surface area contributed by atoms with Gasteiger partial charge in [0, 0.05) is 24.4 Å². The van der Waals surface area contributed by atoms with Crippen molar-refractivity contribution in [1.29, 1.82) is 0 Å². The molecule has 146 valence electrons. The van der Waals surface area contributed by atoms with Gasteiger partial charge in [0.15, 0.2) is 0 Å². The first-order chi connectivity index (χ1) is 14.1. The Morgan fingerprint density at radius 2 is 1.97 bits per heavy atom. The number of hydrogen-bond donors (Lipinski definition) is 1. The summed E-state index contributed by atoms with van der Waals surface area (Å²) in [7, 11) is 0. The molecule has 1 aliphatic heterocycles. The van der Waals surface area contributed by atoms with Gasteiger partial charge in [0.1, 0.15) is 5.82 Å². The highest BCUT2D eigenvalue weighted by Crippen LogP contribution is 2.48. The molecule has 1 aliphatic carbocycles. The molecule has 0 saturated heterocycles. The number of H-pyrrole nitrogens is 1. The van der Waals surface area contributed by atoms with Gasteiger partial charge in [0.05, 0.1) is 17.8 Å². The number of hydrogen-bond acceptors (Lipinski definition) is 3. The van der Waals surface area contributed by atoms with Crippen molar-refractivity contribution in [2.75, 3.05) is 6.54 Å². The molecule has 1 fully saturated rings. The normalized spacial score (nSPS) is 20.2. The van der Waals surface area contributed by atoms with Crippen LogP contribution in [-0.2, 0) is 17.8 Å². The summed E-state index contributed by atoms with van der Waals surface area (Å²) >= 11 is 0. The third-order valence-corrected chi connectivity index (χ3v) is 6.01. The van der Waals surface area contributed by atoms with Crippen LogP contribution in [0.25, 0.3) is 11.4 Å². The molecule has 1 N–H and O–H groups in total. The number of fused-ring (bicyclic) bond motifs is 1. The molecule has 1 saturated carbocycles. The number of carbonyl (C=O) groups excluding carboxylic acids is 1. The van der Waals surface area contributed by atoms with Crippen molar-refractivity contribution in [3.05, 3.63) is 87.3 Å². The Balaban J connectivity index is 1.35. The van der Waals surface area contributed by atoms with E-state index in [0.717, 1.165) is 23.2 Å². The molecule has 5 heteroatoms. The van der Waals surface area contributed by atoms with Gasteiger partial charge in [-0.15, -0.1) is 0 Å². The van der Waals surface area contributed by atoms with Crippen molar-refractivity contribution in [2.45, 2.75) is 32.2 Å². The summed E-state index contributed by atoms with van der Waals surface area (Å²) in [6.07, 6.45) is 1.51. The van der Waals surface area contributed by atoms with Crippen molar-refractivity contribution in [1.82, 2.24) is 14.9 Å². The van der Waals surface area contributed by atoms with E-state index in [4.69, 9.17) is 4.98 Å². The van der Waals surface area contributed by atoms with Crippen LogP contribution >= 0.6 is 0 Å². The second-order valence-corrected chi connectivity index (χ2v) is 8.08. The van der Waals surface area contributed by atoms with Gasteiger partial charge in [-0.3, -0.25) is 9.59 Å². The number of aromatic amines is 1. The van der Waals surface area contributed by atoms with Gasteiger partial charge in [0.25, 0.3) is 5.56 Å². The van der Waals surface area contributed by atoms with Crippen molar-refractivity contribution >= 4 is 5.91 Å². The van der Waals surface area contributed by atoms with E-state index >= 15 is 0 Å². The molecule has 0 bridgehead atoms. The van der Waals surface area contributed by atoms with Gasteiger partial charge in [-0.25, -0.2) is 4.98 Å². The summed E-state index contributed by atoms with van der Waals surface area (Å²) in [5.74, 6) is 1.11. The van der Waals surface area contributed by atoms with Crippen LogP contribution in [0.3, 0.4) is 0 Å². The third-order valence-electron chi connectivity index (χ3n) is 6.01. The van der Waals surface area contributed by atoms with E-state index in [9.17, 15) is 9.59 Å². The average molecular weight is 385 g/mol. The standard InChI is InChI=1S/C24H23N3O2/c1-15-6-5-9-17(12-15)22-25-21-10-11-27(14-20(21)23(28)26-22)24(29)19-13-18(19)16-7-3-2-4-8-16/h2-9,12,18-19H,10-11,13-14H2,1H3,(H,25,26,28)/t18-,19+/m0/s1. The second kappa shape index (κ2) is 6.99. The van der Waals surface area contributed by atoms with Crippen molar-refractivity contribution in [3.63, 3.8) is 0 Å². The third kappa shape index (κ3) is 3.37. The van der Waals surface area contributed by atoms with E-state index in [0.29, 0.717) is 36.8 Å². The number of benzene rings is 2. The molecule has 1 amide bonds. The van der Waals surface area contributed by atoms with Crippen LogP contribution in [0.5, 0.6) is 0 Å². The first kappa shape index (κ1) is 17.9. The molecule has 0 radical (unpaired) electrons. The molecular weight excluding hydrogens is 362 g/mol. The van der Waals surface area contributed by atoms with Gasteiger partial charge in [-0.05, 0) is 30.9 Å². The molecule has 1 aromatic heterocycles. The number of aromatic nitrogens is 2. The summed E-state index contributed by atoms with van der Waals surface area (Å²) < 4.78 is 0. The van der Waals surface area contributed by atoms with Crippen molar-refractivity contribution in [2.24, 2.45) is 5.92 Å². The van der Waals surface area contributed by atoms with Gasteiger partial charge in [0.2, 0.25) is 5.91 Å². The topological polar surface area (TPSA) is 66.1 Å². The molecule has 29 heavy (non-hydrogen) atoms. The highest BCUT2D eigenvalue weighted by Gasteiger charge is 2.46. The number of rotatable bonds is 3. The Labute approximate surface area is 169 Å². The minimum absolute atomic E-state index is 0.0394. The molecule has 3 aromatic rings. The zero-order valence-electron chi connectivity index (χ0n) is 16.4. The summed E-state index contributed by atoms with van der Waals surface area (Å²) in [5, 5.41) is 0. The van der Waals surface area contributed by atoms with Crippen LogP contribution in [-0.4, -0.2) is 27.3 Å². The fraction of sp³-hybridized carbons (Fsp3) is 0.292. The molecule has 5 rings (SSSR count). The summed E-state index contributed by atoms with van der Waals surface area (Å²) in [5.41, 5.74) is 4.55. The van der Waals surface area contributed by atoms with E-state index in [1.54, 1.807) is 0 Å². The maximum Gasteiger partial charge on any atom is 0.256 e. The number of amides is 1. The fourth-order valence-electron chi connectivity index (χ4n) is 4.31. The van der Waals surface area contributed by atoms with Crippen LogP contribution in [0.15, 0.2) is 59.4 Å².